The van der Waals surface area contributed by atoms with Crippen molar-refractivity contribution in [2.75, 3.05) is 5.32 Å². The molecule has 0 radical (unpaired) electrons. The Balaban J connectivity index is 2.16. The van der Waals surface area contributed by atoms with Gasteiger partial charge < -0.3 is 10.6 Å². The van der Waals surface area contributed by atoms with Gasteiger partial charge in [-0.1, -0.05) is 42.5 Å². The Labute approximate surface area is 116 Å². The van der Waals surface area contributed by atoms with Crippen LogP contribution in [0, 0.1) is 0 Å². The van der Waals surface area contributed by atoms with E-state index in [1.165, 1.54) is 6.92 Å². The van der Waals surface area contributed by atoms with Crippen molar-refractivity contribution in [1.29, 1.82) is 0 Å². The van der Waals surface area contributed by atoms with E-state index in [1.54, 1.807) is 18.2 Å². The number of fused-ring (bicyclic) bond motifs is 1. The third kappa shape index (κ3) is 1.77. The third-order valence-corrected chi connectivity index (χ3v) is 3.53. The van der Waals surface area contributed by atoms with Crippen LogP contribution in [0.15, 0.2) is 54.6 Å². The lowest BCUT2D eigenvalue weighted by Crippen LogP contribution is -2.59. The zero-order valence-corrected chi connectivity index (χ0v) is 11.0. The molecule has 0 spiro atoms. The van der Waals surface area contributed by atoms with Gasteiger partial charge >= 0.3 is 0 Å². The Hall–Kier alpha value is -2.62. The van der Waals surface area contributed by atoms with Crippen LogP contribution in [0.1, 0.15) is 22.8 Å². The summed E-state index contributed by atoms with van der Waals surface area (Å²) in [5, 5.41) is 5.98. The molecule has 3 rings (SSSR count). The van der Waals surface area contributed by atoms with Crippen LogP contribution in [0.25, 0.3) is 0 Å². The Morgan fingerprint density at radius 2 is 1.60 bits per heavy atom. The van der Waals surface area contributed by atoms with Crippen LogP contribution >= 0.6 is 0 Å². The van der Waals surface area contributed by atoms with Gasteiger partial charge in [0, 0.05) is 11.3 Å². The first-order chi connectivity index (χ1) is 9.63. The van der Waals surface area contributed by atoms with Gasteiger partial charge in [0.15, 0.2) is 11.4 Å². The molecule has 1 unspecified atom stereocenters. The molecule has 2 N–H and O–H groups in total. The number of hydrogen-bond donors (Lipinski definition) is 2. The number of anilines is 1. The second-order valence-corrected chi connectivity index (χ2v) is 4.80. The van der Waals surface area contributed by atoms with Crippen LogP contribution < -0.4 is 10.6 Å². The fourth-order valence-corrected chi connectivity index (χ4v) is 2.47. The maximum atomic E-state index is 12.3. The number of para-hydroxylation sites is 1. The van der Waals surface area contributed by atoms with E-state index < -0.39 is 5.66 Å². The van der Waals surface area contributed by atoms with Crippen molar-refractivity contribution >= 4 is 17.4 Å². The summed E-state index contributed by atoms with van der Waals surface area (Å²) in [6, 6.07) is 16.4. The standard InChI is InChI=1S/C16H14N2O2/c1-11(19)16(12-7-3-2-4-8-12)17-14-10-6-5-9-13(14)15(20)18-16/h2-10,17H,1H3,(H,18,20). The number of ketones is 1. The van der Waals surface area contributed by atoms with E-state index >= 15 is 0 Å². The zero-order chi connectivity index (χ0) is 14.2. The fourth-order valence-electron chi connectivity index (χ4n) is 2.47. The number of Topliss-reactive ketones (excluding diaryl/α,β-unsaturated/α-hetero) is 1. The summed E-state index contributed by atoms with van der Waals surface area (Å²) in [6.45, 7) is 1.47. The number of carbonyl (C=O) groups excluding carboxylic acids is 2. The molecule has 4 nitrogen and oxygen atoms in total. The second kappa shape index (κ2) is 4.49. The van der Waals surface area contributed by atoms with E-state index in [4.69, 9.17) is 0 Å². The quantitative estimate of drug-likeness (QED) is 0.876. The molecule has 0 aromatic heterocycles. The Kier molecular flexibility index (Phi) is 2.79. The highest BCUT2D eigenvalue weighted by molar-refractivity contribution is 6.07. The third-order valence-electron chi connectivity index (χ3n) is 3.53. The molecular formula is C16H14N2O2. The summed E-state index contributed by atoms with van der Waals surface area (Å²) in [5.74, 6) is -0.412. The van der Waals surface area contributed by atoms with E-state index in [0.29, 0.717) is 11.3 Å². The molecule has 0 fully saturated rings. The molecule has 2 aromatic carbocycles. The second-order valence-electron chi connectivity index (χ2n) is 4.80. The van der Waals surface area contributed by atoms with Crippen LogP contribution in [-0.4, -0.2) is 11.7 Å². The van der Waals surface area contributed by atoms with Gasteiger partial charge in [-0.05, 0) is 19.1 Å². The normalized spacial score (nSPS) is 20.6. The number of rotatable bonds is 2. The van der Waals surface area contributed by atoms with Crippen LogP contribution in [0.5, 0.6) is 0 Å². The predicted molar refractivity (Wildman–Crippen MR) is 76.3 cm³/mol. The molecule has 100 valence electrons. The van der Waals surface area contributed by atoms with Crippen molar-refractivity contribution in [2.24, 2.45) is 0 Å². The van der Waals surface area contributed by atoms with Gasteiger partial charge in [-0.25, -0.2) is 0 Å². The summed E-state index contributed by atoms with van der Waals surface area (Å²) in [4.78, 5) is 24.5. The minimum Gasteiger partial charge on any atom is -0.352 e. The predicted octanol–water partition coefficient (Wildman–Crippen LogP) is 2.28. The smallest absolute Gasteiger partial charge is 0.255 e. The van der Waals surface area contributed by atoms with E-state index in [-0.39, 0.29) is 11.7 Å². The number of amides is 1. The Bertz CT molecular complexity index is 682. The molecule has 1 aliphatic heterocycles. The molecule has 0 aliphatic carbocycles. The van der Waals surface area contributed by atoms with Gasteiger partial charge in [-0.15, -0.1) is 0 Å². The van der Waals surface area contributed by atoms with E-state index in [9.17, 15) is 9.59 Å². The molecule has 1 amide bonds. The summed E-state index contributed by atoms with van der Waals surface area (Å²) >= 11 is 0. The first kappa shape index (κ1) is 12.4. The number of benzene rings is 2. The highest BCUT2D eigenvalue weighted by Crippen LogP contribution is 2.31. The average Bonchev–Trinajstić information content (AvgIpc) is 2.48. The van der Waals surface area contributed by atoms with Gasteiger partial charge in [0.1, 0.15) is 0 Å². The molecule has 0 saturated carbocycles. The lowest BCUT2D eigenvalue weighted by Gasteiger charge is -2.38. The van der Waals surface area contributed by atoms with Crippen molar-refractivity contribution in [2.45, 2.75) is 12.6 Å². The number of hydrogen-bond acceptors (Lipinski definition) is 3. The maximum absolute atomic E-state index is 12.3. The van der Waals surface area contributed by atoms with Crippen molar-refractivity contribution in [3.63, 3.8) is 0 Å². The first-order valence-corrected chi connectivity index (χ1v) is 6.40. The highest BCUT2D eigenvalue weighted by Gasteiger charge is 2.43. The lowest BCUT2D eigenvalue weighted by atomic mass is 9.91. The van der Waals surface area contributed by atoms with Crippen LogP contribution in [0.3, 0.4) is 0 Å². The summed E-state index contributed by atoms with van der Waals surface area (Å²) < 4.78 is 0. The molecule has 20 heavy (non-hydrogen) atoms. The summed E-state index contributed by atoms with van der Waals surface area (Å²) in [6.07, 6.45) is 0. The summed E-state index contributed by atoms with van der Waals surface area (Å²) in [7, 11) is 0. The van der Waals surface area contributed by atoms with Crippen molar-refractivity contribution < 1.29 is 9.59 Å². The molecule has 0 bridgehead atoms. The first-order valence-electron chi connectivity index (χ1n) is 6.40. The van der Waals surface area contributed by atoms with Crippen LogP contribution in [0.2, 0.25) is 0 Å². The van der Waals surface area contributed by atoms with Gasteiger partial charge in [0.2, 0.25) is 0 Å². The van der Waals surface area contributed by atoms with Crippen LogP contribution in [-0.2, 0) is 10.5 Å². The van der Waals surface area contributed by atoms with Crippen LogP contribution in [0.4, 0.5) is 5.69 Å². The molecule has 4 heteroatoms. The Morgan fingerprint density at radius 1 is 0.950 bits per heavy atom. The lowest BCUT2D eigenvalue weighted by molar-refractivity contribution is -0.122. The van der Waals surface area contributed by atoms with E-state index in [0.717, 1.165) is 5.56 Å². The number of nitrogens with one attached hydrogen (secondary N) is 2. The minimum atomic E-state index is -1.20. The topological polar surface area (TPSA) is 58.2 Å². The highest BCUT2D eigenvalue weighted by atomic mass is 16.2. The van der Waals surface area contributed by atoms with E-state index in [2.05, 4.69) is 10.6 Å². The fraction of sp³-hybridized carbons (Fsp3) is 0.125. The average molecular weight is 266 g/mol. The number of carbonyl (C=O) groups is 2. The van der Waals surface area contributed by atoms with Gasteiger partial charge in [0.25, 0.3) is 5.91 Å². The van der Waals surface area contributed by atoms with Crippen molar-refractivity contribution in [3.8, 4) is 0 Å². The molecular weight excluding hydrogens is 252 g/mol. The minimum absolute atomic E-state index is 0.161. The van der Waals surface area contributed by atoms with Crippen molar-refractivity contribution in [3.05, 3.63) is 65.7 Å². The van der Waals surface area contributed by atoms with Gasteiger partial charge in [-0.3, -0.25) is 9.59 Å². The molecule has 0 saturated heterocycles. The molecule has 2 aromatic rings. The molecule has 1 atom stereocenters. The Morgan fingerprint density at radius 3 is 2.30 bits per heavy atom. The largest absolute Gasteiger partial charge is 0.352 e. The van der Waals surface area contributed by atoms with Gasteiger partial charge in [-0.2, -0.15) is 0 Å². The monoisotopic (exact) mass is 266 g/mol. The van der Waals surface area contributed by atoms with Gasteiger partial charge in [0.05, 0.1) is 5.56 Å². The maximum Gasteiger partial charge on any atom is 0.255 e. The SMILES string of the molecule is CC(=O)C1(c2ccccc2)NC(=O)c2ccccc2N1. The van der Waals surface area contributed by atoms with Crippen molar-refractivity contribution in [1.82, 2.24) is 5.32 Å². The van der Waals surface area contributed by atoms with E-state index in [1.807, 2.05) is 36.4 Å². The summed E-state index contributed by atoms with van der Waals surface area (Å²) in [5.41, 5.74) is 0.720. The zero-order valence-electron chi connectivity index (χ0n) is 11.0. The molecule has 1 aliphatic rings. The molecule has 1 heterocycles.